The van der Waals surface area contributed by atoms with Gasteiger partial charge in [-0.15, -0.1) is 0 Å². The summed E-state index contributed by atoms with van der Waals surface area (Å²) in [7, 11) is 0. The standard InChI is InChI=1S/C19H23N5O/c1-12-10-16(22-17-11-13(2)25-24-17)23-18(20-12)21-15-9-7-6-8-14(15)19(3,4)5/h6-11H,1-5H3,(H2,20,21,22,23,24). The Labute approximate surface area is 147 Å². The maximum atomic E-state index is 5.07. The molecule has 0 saturated heterocycles. The van der Waals surface area contributed by atoms with Crippen LogP contribution in [0.5, 0.6) is 0 Å². The summed E-state index contributed by atoms with van der Waals surface area (Å²) in [6, 6.07) is 11.9. The van der Waals surface area contributed by atoms with Gasteiger partial charge in [0.25, 0.3) is 0 Å². The second kappa shape index (κ2) is 6.55. The molecule has 6 nitrogen and oxygen atoms in total. The van der Waals surface area contributed by atoms with Crippen LogP contribution in [0.1, 0.15) is 37.8 Å². The lowest BCUT2D eigenvalue weighted by Gasteiger charge is -2.23. The summed E-state index contributed by atoms with van der Waals surface area (Å²) in [5, 5.41) is 10.4. The van der Waals surface area contributed by atoms with E-state index in [0.29, 0.717) is 17.6 Å². The number of aryl methyl sites for hydroxylation is 2. The first-order chi connectivity index (χ1) is 11.8. The lowest BCUT2D eigenvalue weighted by atomic mass is 9.86. The first-order valence-corrected chi connectivity index (χ1v) is 8.24. The average molecular weight is 337 g/mol. The predicted octanol–water partition coefficient (Wildman–Crippen LogP) is 4.87. The maximum Gasteiger partial charge on any atom is 0.229 e. The number of rotatable bonds is 4. The Bertz CT molecular complexity index is 880. The fraction of sp³-hybridized carbons (Fsp3) is 0.316. The summed E-state index contributed by atoms with van der Waals surface area (Å²) in [5.74, 6) is 2.57. The molecule has 0 unspecified atom stereocenters. The fourth-order valence-electron chi connectivity index (χ4n) is 2.61. The minimum Gasteiger partial charge on any atom is -0.360 e. The van der Waals surface area contributed by atoms with E-state index in [2.05, 4.69) is 52.6 Å². The number of nitrogens with one attached hydrogen (secondary N) is 2. The van der Waals surface area contributed by atoms with E-state index < -0.39 is 0 Å². The lowest BCUT2D eigenvalue weighted by molar-refractivity contribution is 0.400. The summed E-state index contributed by atoms with van der Waals surface area (Å²) in [6.45, 7) is 10.3. The normalized spacial score (nSPS) is 11.4. The molecule has 0 radical (unpaired) electrons. The zero-order valence-corrected chi connectivity index (χ0v) is 15.2. The van der Waals surface area contributed by atoms with Crippen LogP contribution < -0.4 is 10.6 Å². The molecule has 0 fully saturated rings. The van der Waals surface area contributed by atoms with Crippen LogP contribution in [0.15, 0.2) is 40.9 Å². The lowest BCUT2D eigenvalue weighted by Crippen LogP contribution is -2.14. The number of anilines is 4. The van der Waals surface area contributed by atoms with Gasteiger partial charge < -0.3 is 15.2 Å². The molecule has 0 aliphatic heterocycles. The van der Waals surface area contributed by atoms with Gasteiger partial charge in [0.1, 0.15) is 11.6 Å². The maximum absolute atomic E-state index is 5.07. The summed E-state index contributed by atoms with van der Waals surface area (Å²) < 4.78 is 5.07. The first-order valence-electron chi connectivity index (χ1n) is 8.24. The molecule has 0 amide bonds. The van der Waals surface area contributed by atoms with Crippen LogP contribution in [0.25, 0.3) is 0 Å². The van der Waals surface area contributed by atoms with E-state index >= 15 is 0 Å². The van der Waals surface area contributed by atoms with E-state index in [1.807, 2.05) is 44.2 Å². The van der Waals surface area contributed by atoms with Crippen LogP contribution in [0.3, 0.4) is 0 Å². The second-order valence-corrected chi connectivity index (χ2v) is 7.09. The van der Waals surface area contributed by atoms with Crippen molar-refractivity contribution in [1.29, 1.82) is 0 Å². The van der Waals surface area contributed by atoms with E-state index in [0.717, 1.165) is 17.1 Å². The van der Waals surface area contributed by atoms with Crippen LogP contribution in [-0.2, 0) is 5.41 Å². The van der Waals surface area contributed by atoms with Gasteiger partial charge in [0.15, 0.2) is 5.82 Å². The molecule has 2 heterocycles. The second-order valence-electron chi connectivity index (χ2n) is 7.09. The molecular weight excluding hydrogens is 314 g/mol. The van der Waals surface area contributed by atoms with E-state index in [9.17, 15) is 0 Å². The van der Waals surface area contributed by atoms with Crippen molar-refractivity contribution in [3.8, 4) is 0 Å². The molecular formula is C19H23N5O. The third-order valence-corrected chi connectivity index (χ3v) is 3.72. The number of para-hydroxylation sites is 1. The molecule has 3 aromatic rings. The molecule has 0 aliphatic carbocycles. The minimum absolute atomic E-state index is 0.0206. The molecule has 0 saturated carbocycles. The molecule has 0 bridgehead atoms. The number of nitrogens with zero attached hydrogens (tertiary/aromatic N) is 3. The SMILES string of the molecule is Cc1cc(Nc2cc(C)on2)nc(Nc2ccccc2C(C)(C)C)n1. The van der Waals surface area contributed by atoms with Crippen molar-refractivity contribution in [3.63, 3.8) is 0 Å². The van der Waals surface area contributed by atoms with Gasteiger partial charge in [-0.05, 0) is 30.9 Å². The minimum atomic E-state index is 0.0206. The largest absolute Gasteiger partial charge is 0.360 e. The third-order valence-electron chi connectivity index (χ3n) is 3.72. The summed E-state index contributed by atoms with van der Waals surface area (Å²) in [5.41, 5.74) is 3.09. The van der Waals surface area contributed by atoms with Crippen molar-refractivity contribution in [2.24, 2.45) is 0 Å². The summed E-state index contributed by atoms with van der Waals surface area (Å²) >= 11 is 0. The van der Waals surface area contributed by atoms with Crippen molar-refractivity contribution < 1.29 is 4.52 Å². The molecule has 0 aliphatic rings. The van der Waals surface area contributed by atoms with Gasteiger partial charge >= 0.3 is 0 Å². The molecule has 2 N–H and O–H groups in total. The van der Waals surface area contributed by atoms with Crippen molar-refractivity contribution >= 4 is 23.3 Å². The predicted molar refractivity (Wildman–Crippen MR) is 99.7 cm³/mol. The van der Waals surface area contributed by atoms with Gasteiger partial charge in [0, 0.05) is 23.5 Å². The fourth-order valence-corrected chi connectivity index (χ4v) is 2.61. The summed E-state index contributed by atoms with van der Waals surface area (Å²) in [6.07, 6.45) is 0. The highest BCUT2D eigenvalue weighted by atomic mass is 16.5. The topological polar surface area (TPSA) is 75.9 Å². The van der Waals surface area contributed by atoms with Crippen molar-refractivity contribution in [2.75, 3.05) is 10.6 Å². The molecule has 0 atom stereocenters. The van der Waals surface area contributed by atoms with Crippen molar-refractivity contribution in [3.05, 3.63) is 53.4 Å². The Morgan fingerprint density at radius 2 is 1.68 bits per heavy atom. The molecule has 6 heteroatoms. The van der Waals surface area contributed by atoms with E-state index in [1.165, 1.54) is 5.56 Å². The quantitative estimate of drug-likeness (QED) is 0.707. The van der Waals surface area contributed by atoms with Crippen molar-refractivity contribution in [2.45, 2.75) is 40.0 Å². The third kappa shape index (κ3) is 4.15. The first kappa shape index (κ1) is 17.0. The smallest absolute Gasteiger partial charge is 0.229 e. The Morgan fingerprint density at radius 1 is 0.920 bits per heavy atom. The van der Waals surface area contributed by atoms with E-state index in [4.69, 9.17) is 4.52 Å². The Morgan fingerprint density at radius 3 is 2.36 bits per heavy atom. The molecule has 2 aromatic heterocycles. The van der Waals surface area contributed by atoms with Crippen molar-refractivity contribution in [1.82, 2.24) is 15.1 Å². The van der Waals surface area contributed by atoms with Crippen LogP contribution in [-0.4, -0.2) is 15.1 Å². The Kier molecular flexibility index (Phi) is 4.44. The number of benzene rings is 1. The van der Waals surface area contributed by atoms with Gasteiger partial charge in [-0.2, -0.15) is 4.98 Å². The van der Waals surface area contributed by atoms with E-state index in [1.54, 1.807) is 0 Å². The van der Waals surface area contributed by atoms with E-state index in [-0.39, 0.29) is 5.41 Å². The molecule has 130 valence electrons. The number of aromatic nitrogens is 3. The Balaban J connectivity index is 1.89. The van der Waals surface area contributed by atoms with Crippen LogP contribution >= 0.6 is 0 Å². The average Bonchev–Trinajstić information content (AvgIpc) is 2.91. The molecule has 1 aromatic carbocycles. The molecule has 25 heavy (non-hydrogen) atoms. The highest BCUT2D eigenvalue weighted by Crippen LogP contribution is 2.30. The van der Waals surface area contributed by atoms with Gasteiger partial charge in [-0.3, -0.25) is 0 Å². The Hall–Kier alpha value is -2.89. The molecule has 0 spiro atoms. The van der Waals surface area contributed by atoms with Crippen LogP contribution in [0.4, 0.5) is 23.3 Å². The zero-order valence-electron chi connectivity index (χ0n) is 15.2. The monoisotopic (exact) mass is 337 g/mol. The van der Waals surface area contributed by atoms with Gasteiger partial charge in [-0.25, -0.2) is 4.98 Å². The zero-order chi connectivity index (χ0) is 18.0. The van der Waals surface area contributed by atoms with Gasteiger partial charge in [-0.1, -0.05) is 44.1 Å². The number of hydrogen-bond acceptors (Lipinski definition) is 6. The van der Waals surface area contributed by atoms with Gasteiger partial charge in [0.2, 0.25) is 5.95 Å². The number of hydrogen-bond donors (Lipinski definition) is 2. The van der Waals surface area contributed by atoms with Crippen LogP contribution in [0, 0.1) is 13.8 Å². The highest BCUT2D eigenvalue weighted by molar-refractivity contribution is 5.62. The highest BCUT2D eigenvalue weighted by Gasteiger charge is 2.18. The molecule has 3 rings (SSSR count). The van der Waals surface area contributed by atoms with Crippen LogP contribution in [0.2, 0.25) is 0 Å². The van der Waals surface area contributed by atoms with Gasteiger partial charge in [0.05, 0.1) is 0 Å². The summed E-state index contributed by atoms with van der Waals surface area (Å²) in [4.78, 5) is 9.03.